The molecule has 0 fully saturated rings. The molecule has 0 saturated carbocycles. The molecule has 1 aromatic carbocycles. The van der Waals surface area contributed by atoms with Crippen molar-refractivity contribution in [3.05, 3.63) is 35.2 Å². The van der Waals surface area contributed by atoms with Crippen LogP contribution in [0.15, 0.2) is 18.2 Å². The average molecular weight is 259 g/mol. The number of aromatic nitrogens is 2. The Morgan fingerprint density at radius 2 is 2.05 bits per heavy atom. The molecule has 1 heterocycles. The van der Waals surface area contributed by atoms with Gasteiger partial charge in [0.05, 0.1) is 12.8 Å². The van der Waals surface area contributed by atoms with E-state index in [2.05, 4.69) is 29.5 Å². The highest BCUT2D eigenvalue weighted by Gasteiger charge is 2.13. The summed E-state index contributed by atoms with van der Waals surface area (Å²) in [5.41, 5.74) is 5.79. The summed E-state index contributed by atoms with van der Waals surface area (Å²) in [6.45, 7) is 4.93. The molecular weight excluding hydrogens is 238 g/mol. The zero-order valence-corrected chi connectivity index (χ0v) is 12.2. The summed E-state index contributed by atoms with van der Waals surface area (Å²) in [6, 6.07) is 6.29. The number of hydrogen-bond acceptors (Lipinski definition) is 3. The summed E-state index contributed by atoms with van der Waals surface area (Å²) in [6.07, 6.45) is 0. The van der Waals surface area contributed by atoms with Crippen molar-refractivity contribution in [3.63, 3.8) is 0 Å². The Labute approximate surface area is 114 Å². The second-order valence-corrected chi connectivity index (χ2v) is 4.73. The Kier molecular flexibility index (Phi) is 3.90. The summed E-state index contributed by atoms with van der Waals surface area (Å²) < 4.78 is 7.32. The summed E-state index contributed by atoms with van der Waals surface area (Å²) in [4.78, 5) is 0. The highest BCUT2D eigenvalue weighted by Crippen LogP contribution is 2.30. The molecule has 0 unspecified atom stereocenters. The van der Waals surface area contributed by atoms with Gasteiger partial charge in [-0.3, -0.25) is 4.68 Å². The van der Waals surface area contributed by atoms with Gasteiger partial charge in [0.25, 0.3) is 0 Å². The molecular formula is C15H21N3O. The Hall–Kier alpha value is -1.81. The normalized spacial score (nSPS) is 10.8. The molecule has 0 aliphatic rings. The number of hydrogen-bond donors (Lipinski definition) is 1. The Bertz CT molecular complexity index is 587. The van der Waals surface area contributed by atoms with Crippen LogP contribution >= 0.6 is 0 Å². The van der Waals surface area contributed by atoms with Gasteiger partial charge in [0.2, 0.25) is 0 Å². The number of methoxy groups -OCH3 is 1. The Balaban J connectivity index is 2.53. The number of ether oxygens (including phenoxy) is 1. The Morgan fingerprint density at radius 1 is 1.32 bits per heavy atom. The van der Waals surface area contributed by atoms with Crippen molar-refractivity contribution in [1.29, 1.82) is 0 Å². The lowest BCUT2D eigenvalue weighted by Gasteiger charge is -2.11. The van der Waals surface area contributed by atoms with Crippen molar-refractivity contribution >= 4 is 0 Å². The zero-order valence-electron chi connectivity index (χ0n) is 12.2. The first kappa shape index (κ1) is 13.6. The van der Waals surface area contributed by atoms with Gasteiger partial charge in [-0.1, -0.05) is 6.07 Å². The summed E-state index contributed by atoms with van der Waals surface area (Å²) in [5.74, 6) is 0.914. The van der Waals surface area contributed by atoms with Crippen LogP contribution in [0, 0.1) is 13.8 Å². The number of nitrogens with one attached hydrogen (secondary N) is 1. The van der Waals surface area contributed by atoms with E-state index in [4.69, 9.17) is 4.74 Å². The fraction of sp³-hybridized carbons (Fsp3) is 0.400. The fourth-order valence-corrected chi connectivity index (χ4v) is 2.45. The molecule has 0 bridgehead atoms. The monoisotopic (exact) mass is 259 g/mol. The van der Waals surface area contributed by atoms with Crippen LogP contribution < -0.4 is 10.1 Å². The van der Waals surface area contributed by atoms with Crippen molar-refractivity contribution in [2.24, 2.45) is 7.05 Å². The van der Waals surface area contributed by atoms with Gasteiger partial charge in [0, 0.05) is 30.4 Å². The summed E-state index contributed by atoms with van der Waals surface area (Å²) >= 11 is 0. The molecule has 2 rings (SSSR count). The highest BCUT2D eigenvalue weighted by atomic mass is 16.5. The van der Waals surface area contributed by atoms with Crippen LogP contribution in [0.3, 0.4) is 0 Å². The number of nitrogens with zero attached hydrogens (tertiary/aromatic N) is 2. The molecule has 1 aromatic heterocycles. The molecule has 0 aliphatic carbocycles. The van der Waals surface area contributed by atoms with Gasteiger partial charge in [-0.05, 0) is 38.6 Å². The average Bonchev–Trinajstić information content (AvgIpc) is 2.64. The SMILES string of the molecule is CNCc1cc(-c2c(C)nn(C)c2C)ccc1OC. The second kappa shape index (κ2) is 5.45. The lowest BCUT2D eigenvalue weighted by Crippen LogP contribution is -2.06. The standard InChI is InChI=1S/C15H21N3O/c1-10-15(11(2)18(4)17-10)12-6-7-14(19-5)13(8-12)9-16-3/h6-8,16H,9H2,1-5H3. The minimum absolute atomic E-state index is 0.787. The predicted octanol–water partition coefficient (Wildman–Crippen LogP) is 2.43. The summed E-state index contributed by atoms with van der Waals surface area (Å²) in [7, 11) is 5.62. The molecule has 0 aliphatic heterocycles. The third-order valence-electron chi connectivity index (χ3n) is 3.45. The van der Waals surface area contributed by atoms with Gasteiger partial charge >= 0.3 is 0 Å². The van der Waals surface area contributed by atoms with E-state index in [1.54, 1.807) is 7.11 Å². The molecule has 102 valence electrons. The predicted molar refractivity (Wildman–Crippen MR) is 77.4 cm³/mol. The van der Waals surface area contributed by atoms with Crippen LogP contribution in [0.2, 0.25) is 0 Å². The Morgan fingerprint density at radius 3 is 2.58 bits per heavy atom. The largest absolute Gasteiger partial charge is 0.496 e. The minimum Gasteiger partial charge on any atom is -0.496 e. The van der Waals surface area contributed by atoms with Crippen LogP contribution in [0.5, 0.6) is 5.75 Å². The molecule has 0 atom stereocenters. The molecule has 0 saturated heterocycles. The fourth-order valence-electron chi connectivity index (χ4n) is 2.45. The molecule has 0 amide bonds. The van der Waals surface area contributed by atoms with Crippen LogP contribution in [0.1, 0.15) is 17.0 Å². The maximum absolute atomic E-state index is 5.39. The molecule has 4 heteroatoms. The van der Waals surface area contributed by atoms with Crippen LogP contribution in [0.4, 0.5) is 0 Å². The van der Waals surface area contributed by atoms with E-state index in [1.807, 2.05) is 31.8 Å². The quantitative estimate of drug-likeness (QED) is 0.916. The van der Waals surface area contributed by atoms with E-state index in [1.165, 1.54) is 16.8 Å². The van der Waals surface area contributed by atoms with Crippen molar-refractivity contribution < 1.29 is 4.74 Å². The van der Waals surface area contributed by atoms with Crippen molar-refractivity contribution in [2.45, 2.75) is 20.4 Å². The minimum atomic E-state index is 0.787. The van der Waals surface area contributed by atoms with E-state index >= 15 is 0 Å². The number of rotatable bonds is 4. The number of benzene rings is 1. The van der Waals surface area contributed by atoms with Gasteiger partial charge in [0.1, 0.15) is 5.75 Å². The van der Waals surface area contributed by atoms with Crippen molar-refractivity contribution in [3.8, 4) is 16.9 Å². The van der Waals surface area contributed by atoms with Crippen molar-refractivity contribution in [2.75, 3.05) is 14.2 Å². The first-order chi connectivity index (χ1) is 9.08. The maximum atomic E-state index is 5.39. The molecule has 1 N–H and O–H groups in total. The van der Waals surface area contributed by atoms with E-state index in [0.717, 1.165) is 23.6 Å². The molecule has 2 aromatic rings. The first-order valence-electron chi connectivity index (χ1n) is 6.40. The van der Waals surface area contributed by atoms with E-state index < -0.39 is 0 Å². The molecule has 4 nitrogen and oxygen atoms in total. The van der Waals surface area contributed by atoms with Gasteiger partial charge in [-0.15, -0.1) is 0 Å². The zero-order chi connectivity index (χ0) is 14.0. The van der Waals surface area contributed by atoms with Crippen LogP contribution in [-0.2, 0) is 13.6 Å². The topological polar surface area (TPSA) is 39.1 Å². The van der Waals surface area contributed by atoms with Crippen LogP contribution in [-0.4, -0.2) is 23.9 Å². The van der Waals surface area contributed by atoms with Gasteiger partial charge in [0.15, 0.2) is 0 Å². The highest BCUT2D eigenvalue weighted by molar-refractivity contribution is 5.70. The third-order valence-corrected chi connectivity index (χ3v) is 3.45. The molecule has 0 radical (unpaired) electrons. The van der Waals surface area contributed by atoms with Gasteiger partial charge < -0.3 is 10.1 Å². The van der Waals surface area contributed by atoms with Gasteiger partial charge in [-0.2, -0.15) is 5.10 Å². The van der Waals surface area contributed by atoms with E-state index in [9.17, 15) is 0 Å². The van der Waals surface area contributed by atoms with Gasteiger partial charge in [-0.25, -0.2) is 0 Å². The third kappa shape index (κ3) is 2.49. The summed E-state index contributed by atoms with van der Waals surface area (Å²) in [5, 5.41) is 7.65. The lowest BCUT2D eigenvalue weighted by atomic mass is 10.0. The lowest BCUT2D eigenvalue weighted by molar-refractivity contribution is 0.408. The maximum Gasteiger partial charge on any atom is 0.123 e. The van der Waals surface area contributed by atoms with Crippen molar-refractivity contribution in [1.82, 2.24) is 15.1 Å². The van der Waals surface area contributed by atoms with E-state index in [0.29, 0.717) is 0 Å². The number of aryl methyl sites for hydroxylation is 2. The smallest absolute Gasteiger partial charge is 0.123 e. The van der Waals surface area contributed by atoms with E-state index in [-0.39, 0.29) is 0 Å². The first-order valence-corrected chi connectivity index (χ1v) is 6.40. The molecule has 19 heavy (non-hydrogen) atoms. The van der Waals surface area contributed by atoms with Crippen LogP contribution in [0.25, 0.3) is 11.1 Å². The molecule has 0 spiro atoms. The second-order valence-electron chi connectivity index (χ2n) is 4.73.